The number of hydrogen-bond donors (Lipinski definition) is 2. The minimum Gasteiger partial charge on any atom is -0.436 e. The molecule has 2 N–H and O–H groups in total. The molecule has 0 atom stereocenters. The summed E-state index contributed by atoms with van der Waals surface area (Å²) >= 11 is 0. The highest BCUT2D eigenvalue weighted by molar-refractivity contribution is 6.01. The van der Waals surface area contributed by atoms with Crippen molar-refractivity contribution < 1.29 is 38.1 Å². The Kier molecular flexibility index (Phi) is 26.1. The third kappa shape index (κ3) is 26.0. The molecule has 0 aliphatic carbocycles. The summed E-state index contributed by atoms with van der Waals surface area (Å²) in [6.45, 7) is 10.8. The van der Waals surface area contributed by atoms with Gasteiger partial charge in [0.1, 0.15) is 0 Å². The number of hydrogen-bond acceptors (Lipinski definition) is 12. The summed E-state index contributed by atoms with van der Waals surface area (Å²) in [6.07, 6.45) is 11.0. The first-order valence-corrected chi connectivity index (χ1v) is 12.7. The van der Waals surface area contributed by atoms with Crippen molar-refractivity contribution in [3.8, 4) is 12.3 Å². The van der Waals surface area contributed by atoms with Gasteiger partial charge in [0, 0.05) is 49.9 Å². The van der Waals surface area contributed by atoms with E-state index in [1.165, 1.54) is 18.6 Å². The average Bonchev–Trinajstić information content (AvgIpc) is 2.97. The van der Waals surface area contributed by atoms with Crippen molar-refractivity contribution in [2.24, 2.45) is 20.0 Å². The lowest BCUT2D eigenvalue weighted by Gasteiger charge is -2.08. The summed E-state index contributed by atoms with van der Waals surface area (Å²) in [5, 5.41) is 5.26. The minimum absolute atomic E-state index is 0.0723. The number of amides is 2. The molecule has 0 aromatic rings. The van der Waals surface area contributed by atoms with E-state index in [1.54, 1.807) is 6.21 Å². The van der Waals surface area contributed by atoms with Gasteiger partial charge in [-0.3, -0.25) is 29.6 Å². The van der Waals surface area contributed by atoms with Gasteiger partial charge in [0.25, 0.3) is 0 Å². The van der Waals surface area contributed by atoms with Crippen molar-refractivity contribution in [1.29, 1.82) is 0 Å². The van der Waals surface area contributed by atoms with Crippen molar-refractivity contribution in [2.75, 3.05) is 85.6 Å². The molecule has 0 aliphatic heterocycles. The number of terminal acetylenes is 1. The smallest absolute Gasteiger partial charge is 0.408 e. The van der Waals surface area contributed by atoms with Gasteiger partial charge >= 0.3 is 6.09 Å². The van der Waals surface area contributed by atoms with E-state index in [0.29, 0.717) is 83.3 Å². The number of nitrogens with one attached hydrogen (secondary N) is 2. The van der Waals surface area contributed by atoms with Crippen LogP contribution >= 0.6 is 0 Å². The van der Waals surface area contributed by atoms with Crippen molar-refractivity contribution in [3.63, 3.8) is 0 Å². The predicted octanol–water partition coefficient (Wildman–Crippen LogP) is 0.428. The average molecular weight is 577 g/mol. The van der Waals surface area contributed by atoms with Gasteiger partial charge in [-0.1, -0.05) is 5.92 Å². The molecule has 2 amide bonds. The lowest BCUT2D eigenvalue weighted by Crippen LogP contribution is -2.28. The quantitative estimate of drug-likeness (QED) is 0.0491. The molecule has 41 heavy (non-hydrogen) atoms. The molecule has 0 unspecified atom stereocenters. The molecule has 0 bridgehead atoms. The maximum Gasteiger partial charge on any atom is 0.408 e. The van der Waals surface area contributed by atoms with Gasteiger partial charge in [0.05, 0.1) is 71.5 Å². The number of allylic oxidation sites excluding steroid dienone is 1. The highest BCUT2D eigenvalue weighted by Gasteiger charge is 2.03. The van der Waals surface area contributed by atoms with E-state index in [2.05, 4.69) is 54.7 Å². The van der Waals surface area contributed by atoms with Crippen LogP contribution in [0.1, 0.15) is 6.42 Å². The second-order valence-corrected chi connectivity index (χ2v) is 7.57. The van der Waals surface area contributed by atoms with E-state index in [1.807, 2.05) is 0 Å². The molecular formula is C27H40N6O8. The van der Waals surface area contributed by atoms with Gasteiger partial charge in [0.2, 0.25) is 5.91 Å². The van der Waals surface area contributed by atoms with Crippen LogP contribution in [0, 0.1) is 12.3 Å². The number of rotatable bonds is 26. The normalized spacial score (nSPS) is 11.8. The Morgan fingerprint density at radius 1 is 0.805 bits per heavy atom. The van der Waals surface area contributed by atoms with Crippen LogP contribution < -0.4 is 10.6 Å². The number of carbonyl (C=O) groups is 3. The fourth-order valence-electron chi connectivity index (χ4n) is 2.51. The fourth-order valence-corrected chi connectivity index (χ4v) is 2.51. The zero-order valence-electron chi connectivity index (χ0n) is 23.3. The molecule has 0 aromatic heterocycles. The van der Waals surface area contributed by atoms with E-state index in [9.17, 15) is 14.4 Å². The summed E-state index contributed by atoms with van der Waals surface area (Å²) in [4.78, 5) is 49.5. The molecule has 0 saturated carbocycles. The molecule has 0 fully saturated rings. The van der Waals surface area contributed by atoms with E-state index >= 15 is 0 Å². The first-order valence-electron chi connectivity index (χ1n) is 12.7. The molecule has 0 radical (unpaired) electrons. The zero-order chi connectivity index (χ0) is 30.2. The van der Waals surface area contributed by atoms with Crippen molar-refractivity contribution in [2.45, 2.75) is 6.42 Å². The Hall–Kier alpha value is -4.03. The zero-order valence-corrected chi connectivity index (χ0v) is 23.3. The number of ether oxygens (including phenoxy) is 5. The third-order valence-electron chi connectivity index (χ3n) is 4.37. The number of aldehydes is 1. The first-order chi connectivity index (χ1) is 20.1. The van der Waals surface area contributed by atoms with Crippen LogP contribution in [0.5, 0.6) is 0 Å². The van der Waals surface area contributed by atoms with E-state index in [0.717, 1.165) is 0 Å². The van der Waals surface area contributed by atoms with E-state index in [-0.39, 0.29) is 32.1 Å². The molecule has 0 spiro atoms. The molecule has 0 saturated heterocycles. The standard InChI is InChI=1S/C27H40N6O8/c1-4-9-41-27(36)32-8-11-38-13-15-40-17-16-39-14-12-37-10-5-26(35)33-22-24(18-28-2)20-30-6-7-31-21-25(23-34)19-29-3/h1,18-21,23H,2-3,5-17,22H2,(H,32,36)(H,33,35)/b24-18+,25-19+,30-20?,31-21?. The van der Waals surface area contributed by atoms with Gasteiger partial charge in [-0.05, 0) is 13.4 Å². The highest BCUT2D eigenvalue weighted by Crippen LogP contribution is 1.93. The fraction of sp³-hybridized carbons (Fsp3) is 0.519. The van der Waals surface area contributed by atoms with Crippen molar-refractivity contribution >= 4 is 44.2 Å². The van der Waals surface area contributed by atoms with Crippen molar-refractivity contribution in [3.05, 3.63) is 23.5 Å². The SMILES string of the molecule is C#CCOC(=O)NCCOCCOCCOCCOCCC(=O)NC/C(C=NCCN=C/C(C=O)=C\N=C)=C/N=C. The Balaban J connectivity index is 3.71. The van der Waals surface area contributed by atoms with Crippen LogP contribution in [0.4, 0.5) is 4.79 Å². The summed E-state index contributed by atoms with van der Waals surface area (Å²) in [5.41, 5.74) is 0.981. The van der Waals surface area contributed by atoms with E-state index < -0.39 is 6.09 Å². The molecule has 14 heteroatoms. The van der Waals surface area contributed by atoms with Crippen LogP contribution in [0.25, 0.3) is 0 Å². The number of nitrogens with zero attached hydrogens (tertiary/aromatic N) is 4. The van der Waals surface area contributed by atoms with Gasteiger partial charge in [0.15, 0.2) is 12.9 Å². The lowest BCUT2D eigenvalue weighted by molar-refractivity contribution is -0.122. The Labute approximate surface area is 241 Å². The third-order valence-corrected chi connectivity index (χ3v) is 4.37. The summed E-state index contributed by atoms with van der Waals surface area (Å²) in [6, 6.07) is 0. The Morgan fingerprint density at radius 2 is 1.39 bits per heavy atom. The van der Waals surface area contributed by atoms with Crippen LogP contribution in [0.15, 0.2) is 43.5 Å². The van der Waals surface area contributed by atoms with Gasteiger partial charge in [-0.2, -0.15) is 0 Å². The number of carbonyl (C=O) groups excluding carboxylic acids is 3. The molecule has 0 aromatic carbocycles. The second kappa shape index (κ2) is 29.0. The largest absolute Gasteiger partial charge is 0.436 e. The van der Waals surface area contributed by atoms with Crippen LogP contribution in [-0.4, -0.2) is 130 Å². The highest BCUT2D eigenvalue weighted by atomic mass is 16.6. The Morgan fingerprint density at radius 3 is 1.98 bits per heavy atom. The monoisotopic (exact) mass is 576 g/mol. The second-order valence-electron chi connectivity index (χ2n) is 7.57. The first kappa shape index (κ1) is 37.0. The molecule has 0 rings (SSSR count). The summed E-state index contributed by atoms with van der Waals surface area (Å²) < 4.78 is 26.1. The maximum atomic E-state index is 12.0. The van der Waals surface area contributed by atoms with E-state index in [4.69, 9.17) is 25.4 Å². The number of aliphatic imine (C=N–C) groups is 4. The Bertz CT molecular complexity index is 927. The summed E-state index contributed by atoms with van der Waals surface area (Å²) in [5.74, 6) is 2.01. The van der Waals surface area contributed by atoms with Crippen LogP contribution in [0.3, 0.4) is 0 Å². The molecule has 0 aliphatic rings. The van der Waals surface area contributed by atoms with Crippen LogP contribution in [0.2, 0.25) is 0 Å². The molecule has 14 nitrogen and oxygen atoms in total. The molecule has 0 heterocycles. The number of alkyl carbamates (subject to hydrolysis) is 1. The minimum atomic E-state index is -0.583. The van der Waals surface area contributed by atoms with Crippen LogP contribution in [-0.2, 0) is 33.3 Å². The van der Waals surface area contributed by atoms with Gasteiger partial charge < -0.3 is 34.3 Å². The predicted molar refractivity (Wildman–Crippen MR) is 157 cm³/mol. The molecule has 226 valence electrons. The molecular weight excluding hydrogens is 536 g/mol. The topological polar surface area (TPSA) is 171 Å². The summed E-state index contributed by atoms with van der Waals surface area (Å²) in [7, 11) is 0. The van der Waals surface area contributed by atoms with Gasteiger partial charge in [-0.15, -0.1) is 6.42 Å². The van der Waals surface area contributed by atoms with Gasteiger partial charge in [-0.25, -0.2) is 4.79 Å². The maximum absolute atomic E-state index is 12.0. The van der Waals surface area contributed by atoms with Crippen molar-refractivity contribution in [1.82, 2.24) is 10.6 Å². The lowest BCUT2D eigenvalue weighted by atomic mass is 10.3.